The predicted octanol–water partition coefficient (Wildman–Crippen LogP) is 4.44. The van der Waals surface area contributed by atoms with Gasteiger partial charge in [0.05, 0.1) is 35.6 Å². The highest BCUT2D eigenvalue weighted by Gasteiger charge is 2.84. The van der Waals surface area contributed by atoms with Crippen molar-refractivity contribution in [1.82, 2.24) is 0 Å². The van der Waals surface area contributed by atoms with Crippen LogP contribution in [0.15, 0.2) is 0 Å². The highest BCUT2D eigenvalue weighted by Crippen LogP contribution is 2.89. The molecule has 5 saturated carbocycles. The van der Waals surface area contributed by atoms with Crippen LogP contribution in [0.2, 0.25) is 0 Å². The number of ether oxygens (including phenoxy) is 1. The third kappa shape index (κ3) is 2.78. The highest BCUT2D eigenvalue weighted by atomic mass is 16.5. The van der Waals surface area contributed by atoms with Gasteiger partial charge in [-0.25, -0.2) is 0 Å². The molecule has 0 aromatic heterocycles. The van der Waals surface area contributed by atoms with Crippen LogP contribution in [0.4, 0.5) is 0 Å². The molecule has 4 N–H and O–H groups in total. The van der Waals surface area contributed by atoms with Crippen LogP contribution in [0, 0.1) is 44.8 Å². The van der Waals surface area contributed by atoms with Crippen molar-refractivity contribution in [3.63, 3.8) is 0 Å². The Bertz CT molecular complexity index is 911. The van der Waals surface area contributed by atoms with Gasteiger partial charge in [-0.15, -0.1) is 0 Å². The number of hydrogen-bond acceptors (Lipinski definition) is 5. The summed E-state index contributed by atoms with van der Waals surface area (Å²) < 4.78 is 6.66. The van der Waals surface area contributed by atoms with E-state index >= 15 is 0 Å². The Hall–Kier alpha value is -0.200. The SMILES string of the molecule is CC(C)(O)[C@@H]1CC[C@](C)([C@@H]2[C@H](O)C[C@@]3(C)[C@@H]4C[C@H](O)[C@@H]5C(C)(C)[C@H](O)CC[C@]56C[C@]46CC[C@@]23C)O1. The quantitative estimate of drug-likeness (QED) is 0.460. The minimum absolute atomic E-state index is 0.0267. The molecule has 6 rings (SSSR count). The second-order valence-corrected chi connectivity index (χ2v) is 15.9. The largest absolute Gasteiger partial charge is 0.393 e. The molecule has 5 heteroatoms. The van der Waals surface area contributed by atoms with E-state index in [0.29, 0.717) is 5.92 Å². The molecule has 12 atom stereocenters. The fourth-order valence-corrected chi connectivity index (χ4v) is 12.1. The number of aliphatic hydroxyl groups is 4. The second kappa shape index (κ2) is 6.86. The lowest BCUT2D eigenvalue weighted by Crippen LogP contribution is -2.62. The summed E-state index contributed by atoms with van der Waals surface area (Å²) in [5.74, 6) is 0.577. The van der Waals surface area contributed by atoms with Crippen molar-refractivity contribution in [3.8, 4) is 0 Å². The van der Waals surface area contributed by atoms with Gasteiger partial charge in [0.1, 0.15) is 0 Å². The Balaban J connectivity index is 1.37. The van der Waals surface area contributed by atoms with E-state index in [9.17, 15) is 20.4 Å². The molecule has 0 amide bonds. The summed E-state index contributed by atoms with van der Waals surface area (Å²) in [7, 11) is 0. The molecule has 1 aliphatic heterocycles. The highest BCUT2D eigenvalue weighted by molar-refractivity contribution is 5.33. The van der Waals surface area contributed by atoms with Crippen LogP contribution in [-0.2, 0) is 4.74 Å². The molecule has 1 heterocycles. The van der Waals surface area contributed by atoms with Crippen molar-refractivity contribution in [1.29, 1.82) is 0 Å². The molecule has 1 saturated heterocycles. The topological polar surface area (TPSA) is 90.2 Å². The van der Waals surface area contributed by atoms with E-state index in [4.69, 9.17) is 4.74 Å². The van der Waals surface area contributed by atoms with Gasteiger partial charge in [0.25, 0.3) is 0 Å². The summed E-state index contributed by atoms with van der Waals surface area (Å²) in [6.45, 7) is 15.0. The van der Waals surface area contributed by atoms with Crippen LogP contribution in [0.25, 0.3) is 0 Å². The van der Waals surface area contributed by atoms with Gasteiger partial charge in [0.15, 0.2) is 0 Å². The van der Waals surface area contributed by atoms with E-state index in [1.165, 1.54) is 6.42 Å². The fraction of sp³-hybridized carbons (Fsp3) is 1.00. The molecule has 200 valence electrons. The molecular formula is C30H50O5. The van der Waals surface area contributed by atoms with Crippen LogP contribution in [-0.4, -0.2) is 56.0 Å². The van der Waals surface area contributed by atoms with E-state index in [2.05, 4.69) is 34.6 Å². The maximum Gasteiger partial charge on any atom is 0.0865 e. The van der Waals surface area contributed by atoms with Crippen molar-refractivity contribution >= 4 is 0 Å². The minimum atomic E-state index is -0.886. The van der Waals surface area contributed by atoms with Gasteiger partial charge in [-0.2, -0.15) is 0 Å². The Labute approximate surface area is 212 Å². The third-order valence-corrected chi connectivity index (χ3v) is 13.8. The Morgan fingerprint density at radius 3 is 2.09 bits per heavy atom. The molecule has 0 aromatic rings. The number of rotatable bonds is 2. The first-order valence-electron chi connectivity index (χ1n) is 14.4. The first-order valence-corrected chi connectivity index (χ1v) is 14.4. The summed E-state index contributed by atoms with van der Waals surface area (Å²) in [5, 5.41) is 45.0. The first-order chi connectivity index (χ1) is 16.0. The zero-order valence-corrected chi connectivity index (χ0v) is 23.1. The Morgan fingerprint density at radius 1 is 0.771 bits per heavy atom. The molecule has 5 nitrogen and oxygen atoms in total. The fourth-order valence-electron chi connectivity index (χ4n) is 12.1. The molecule has 35 heavy (non-hydrogen) atoms. The lowest BCUT2D eigenvalue weighted by molar-refractivity contribution is -0.213. The summed E-state index contributed by atoms with van der Waals surface area (Å²) in [4.78, 5) is 0. The summed E-state index contributed by atoms with van der Waals surface area (Å²) in [6.07, 6.45) is 7.18. The molecule has 0 unspecified atom stereocenters. The zero-order chi connectivity index (χ0) is 25.6. The molecule has 5 aliphatic carbocycles. The Morgan fingerprint density at radius 2 is 1.46 bits per heavy atom. The number of aliphatic hydroxyl groups excluding tert-OH is 3. The van der Waals surface area contributed by atoms with E-state index in [1.54, 1.807) is 0 Å². The molecule has 0 bridgehead atoms. The number of fused-ring (bicyclic) bond motifs is 2. The molecule has 0 radical (unpaired) electrons. The van der Waals surface area contributed by atoms with E-state index in [0.717, 1.165) is 51.4 Å². The van der Waals surface area contributed by atoms with Gasteiger partial charge < -0.3 is 25.2 Å². The zero-order valence-electron chi connectivity index (χ0n) is 23.1. The van der Waals surface area contributed by atoms with Crippen LogP contribution >= 0.6 is 0 Å². The maximum absolute atomic E-state index is 11.7. The molecule has 6 aliphatic rings. The lowest BCUT2D eigenvalue weighted by atomic mass is 9.41. The van der Waals surface area contributed by atoms with Crippen LogP contribution in [0.1, 0.15) is 106 Å². The second-order valence-electron chi connectivity index (χ2n) is 15.9. The molecule has 6 fully saturated rings. The van der Waals surface area contributed by atoms with Crippen LogP contribution in [0.3, 0.4) is 0 Å². The van der Waals surface area contributed by atoms with Gasteiger partial charge in [-0.1, -0.05) is 27.7 Å². The third-order valence-electron chi connectivity index (χ3n) is 13.8. The van der Waals surface area contributed by atoms with E-state index in [-0.39, 0.29) is 51.1 Å². The standard InChI is InChI=1S/C30H50O5/c1-24(2)20(33)8-11-30-16-29(30)13-12-26(5)23(28(7)10-9-21(35-28)25(3,4)34)18(32)15-27(26,6)19(29)14-17(31)22(24)30/h17-23,31-34H,8-16H2,1-7H3/t17-,18+,19-,20+,21-,22+,23+,26-,27-,28+,29+,30-/m0/s1. The van der Waals surface area contributed by atoms with E-state index < -0.39 is 23.4 Å². The normalized spacial score (nSPS) is 60.9. The Kier molecular flexibility index (Phi) is 4.92. The summed E-state index contributed by atoms with van der Waals surface area (Å²) in [6, 6.07) is 0. The van der Waals surface area contributed by atoms with Crippen molar-refractivity contribution in [2.45, 2.75) is 142 Å². The average Bonchev–Trinajstić information content (AvgIpc) is 3.08. The van der Waals surface area contributed by atoms with E-state index in [1.807, 2.05) is 13.8 Å². The maximum atomic E-state index is 11.7. The van der Waals surface area contributed by atoms with Crippen molar-refractivity contribution in [3.05, 3.63) is 0 Å². The molecule has 2 spiro atoms. The molecule has 0 aromatic carbocycles. The lowest BCUT2D eigenvalue weighted by Gasteiger charge is -2.64. The van der Waals surface area contributed by atoms with Gasteiger partial charge in [0, 0.05) is 5.92 Å². The van der Waals surface area contributed by atoms with Crippen LogP contribution in [0.5, 0.6) is 0 Å². The molecular weight excluding hydrogens is 440 g/mol. The summed E-state index contributed by atoms with van der Waals surface area (Å²) in [5.41, 5.74) is -1.35. The van der Waals surface area contributed by atoms with Gasteiger partial charge in [-0.3, -0.25) is 0 Å². The smallest absolute Gasteiger partial charge is 0.0865 e. The number of hydrogen-bond donors (Lipinski definition) is 4. The summed E-state index contributed by atoms with van der Waals surface area (Å²) >= 11 is 0. The van der Waals surface area contributed by atoms with Crippen molar-refractivity contribution in [2.75, 3.05) is 0 Å². The average molecular weight is 491 g/mol. The first kappa shape index (κ1) is 25.1. The monoisotopic (exact) mass is 490 g/mol. The predicted molar refractivity (Wildman–Crippen MR) is 134 cm³/mol. The van der Waals surface area contributed by atoms with Gasteiger partial charge in [-0.05, 0) is 117 Å². The van der Waals surface area contributed by atoms with Crippen molar-refractivity contribution < 1.29 is 25.2 Å². The van der Waals surface area contributed by atoms with Gasteiger partial charge >= 0.3 is 0 Å². The van der Waals surface area contributed by atoms with Crippen molar-refractivity contribution in [2.24, 2.45) is 44.8 Å². The minimum Gasteiger partial charge on any atom is -0.393 e. The van der Waals surface area contributed by atoms with Crippen LogP contribution < -0.4 is 0 Å². The van der Waals surface area contributed by atoms with Gasteiger partial charge in [0.2, 0.25) is 0 Å².